The molecule has 1 heterocycles. The van der Waals surface area contributed by atoms with Gasteiger partial charge in [-0.3, -0.25) is 9.52 Å². The fourth-order valence-electron chi connectivity index (χ4n) is 2.19. The number of rotatable bonds is 5. The lowest BCUT2D eigenvalue weighted by molar-refractivity contribution is -0.116. The van der Waals surface area contributed by atoms with Crippen molar-refractivity contribution in [3.05, 3.63) is 24.3 Å². The molecular weight excluding hydrogens is 280 g/mol. The summed E-state index contributed by atoms with van der Waals surface area (Å²) in [7, 11) is -3.81. The van der Waals surface area contributed by atoms with E-state index in [1.807, 2.05) is 0 Å². The first kappa shape index (κ1) is 14.8. The summed E-state index contributed by atoms with van der Waals surface area (Å²) >= 11 is 0. The Bertz CT molecular complexity index is 582. The average Bonchev–Trinajstić information content (AvgIpc) is 2.79. The maximum atomic E-state index is 11.9. The molecule has 1 aliphatic heterocycles. The molecule has 1 unspecified atom stereocenters. The maximum Gasteiger partial charge on any atom is 0.296 e. The Morgan fingerprint density at radius 2 is 2.15 bits per heavy atom. The van der Waals surface area contributed by atoms with Gasteiger partial charge in [-0.2, -0.15) is 8.42 Å². The third-order valence-electron chi connectivity index (χ3n) is 3.04. The quantitative estimate of drug-likeness (QED) is 0.623. The minimum absolute atomic E-state index is 0.0774. The highest BCUT2D eigenvalue weighted by molar-refractivity contribution is 7.90. The first-order valence-corrected chi connectivity index (χ1v) is 7.88. The summed E-state index contributed by atoms with van der Waals surface area (Å²) in [6.07, 6.45) is 1.46. The number of hydrogen-bond acceptors (Lipinski definition) is 4. The molecule has 1 saturated heterocycles. The van der Waals surface area contributed by atoms with Crippen LogP contribution in [0.3, 0.4) is 0 Å². The summed E-state index contributed by atoms with van der Waals surface area (Å²) in [6.45, 7) is 1.81. The molecule has 0 saturated carbocycles. The van der Waals surface area contributed by atoms with Crippen molar-refractivity contribution < 1.29 is 13.2 Å². The normalized spacial score (nSPS) is 18.8. The van der Waals surface area contributed by atoms with Crippen LogP contribution in [0.4, 0.5) is 11.4 Å². The van der Waals surface area contributed by atoms with Gasteiger partial charge in [-0.1, -0.05) is 6.07 Å². The summed E-state index contributed by atoms with van der Waals surface area (Å²) < 4.78 is 24.0. The van der Waals surface area contributed by atoms with Gasteiger partial charge in [0.2, 0.25) is 5.91 Å². The van der Waals surface area contributed by atoms with Crippen LogP contribution in [0.5, 0.6) is 0 Å². The van der Waals surface area contributed by atoms with Gasteiger partial charge in [0.1, 0.15) is 0 Å². The lowest BCUT2D eigenvalue weighted by Gasteiger charge is -2.10. The highest BCUT2D eigenvalue weighted by Gasteiger charge is 2.18. The van der Waals surface area contributed by atoms with E-state index in [4.69, 9.17) is 5.14 Å². The largest absolute Gasteiger partial charge is 0.326 e. The lowest BCUT2D eigenvalue weighted by atomic mass is 10.0. The second-order valence-corrected chi connectivity index (χ2v) is 6.13. The molecular formula is C12H18N4O3S. The first-order valence-electron chi connectivity index (χ1n) is 6.33. The average molecular weight is 298 g/mol. The molecule has 20 heavy (non-hydrogen) atoms. The van der Waals surface area contributed by atoms with Crippen LogP contribution < -0.4 is 20.5 Å². The molecule has 0 aromatic heterocycles. The predicted molar refractivity (Wildman–Crippen MR) is 77.4 cm³/mol. The molecule has 2 rings (SSSR count). The second-order valence-electron chi connectivity index (χ2n) is 4.84. The zero-order chi connectivity index (χ0) is 14.6. The van der Waals surface area contributed by atoms with Gasteiger partial charge in [0.05, 0.1) is 5.69 Å². The molecule has 1 aromatic rings. The highest BCUT2D eigenvalue weighted by Crippen LogP contribution is 2.18. The summed E-state index contributed by atoms with van der Waals surface area (Å²) in [6, 6.07) is 6.41. The van der Waals surface area contributed by atoms with Crippen LogP contribution in [0.2, 0.25) is 0 Å². The van der Waals surface area contributed by atoms with E-state index < -0.39 is 10.2 Å². The standard InChI is InChI=1S/C12H18N4O3S/c13-20(18,19)16-11-3-1-2-10(7-11)15-12(17)6-9-4-5-14-8-9/h1-3,7,9,14,16H,4-6,8H2,(H,15,17)(H2,13,18,19). The van der Waals surface area contributed by atoms with E-state index >= 15 is 0 Å². The van der Waals surface area contributed by atoms with E-state index in [1.165, 1.54) is 6.07 Å². The lowest BCUT2D eigenvalue weighted by Crippen LogP contribution is -2.22. The molecule has 5 N–H and O–H groups in total. The van der Waals surface area contributed by atoms with Crippen molar-refractivity contribution in [3.8, 4) is 0 Å². The number of nitrogens with one attached hydrogen (secondary N) is 3. The second kappa shape index (κ2) is 6.21. The van der Waals surface area contributed by atoms with Crippen LogP contribution in [0.25, 0.3) is 0 Å². The molecule has 1 aliphatic rings. The van der Waals surface area contributed by atoms with Gasteiger partial charge in [-0.25, -0.2) is 5.14 Å². The molecule has 1 aromatic carbocycles. The van der Waals surface area contributed by atoms with E-state index in [9.17, 15) is 13.2 Å². The number of nitrogens with two attached hydrogens (primary N) is 1. The Morgan fingerprint density at radius 1 is 1.40 bits per heavy atom. The SMILES string of the molecule is NS(=O)(=O)Nc1cccc(NC(=O)CC2CCNC2)c1. The van der Waals surface area contributed by atoms with Crippen LogP contribution >= 0.6 is 0 Å². The number of hydrogen-bond donors (Lipinski definition) is 4. The number of carbonyl (C=O) groups is 1. The summed E-state index contributed by atoms with van der Waals surface area (Å²) in [4.78, 5) is 11.9. The summed E-state index contributed by atoms with van der Waals surface area (Å²) in [5, 5.41) is 10.9. The fourth-order valence-corrected chi connectivity index (χ4v) is 2.64. The van der Waals surface area contributed by atoms with Gasteiger partial charge in [0.15, 0.2) is 0 Å². The van der Waals surface area contributed by atoms with Gasteiger partial charge in [-0.05, 0) is 43.6 Å². The van der Waals surface area contributed by atoms with E-state index in [2.05, 4.69) is 15.4 Å². The van der Waals surface area contributed by atoms with E-state index in [0.29, 0.717) is 23.7 Å². The van der Waals surface area contributed by atoms with Crippen molar-refractivity contribution in [1.29, 1.82) is 0 Å². The molecule has 0 bridgehead atoms. The van der Waals surface area contributed by atoms with Gasteiger partial charge < -0.3 is 10.6 Å². The number of carbonyl (C=O) groups excluding carboxylic acids is 1. The molecule has 0 radical (unpaired) electrons. The summed E-state index contributed by atoms with van der Waals surface area (Å²) in [5.41, 5.74) is 0.849. The van der Waals surface area contributed by atoms with Gasteiger partial charge in [0, 0.05) is 12.1 Å². The third-order valence-corrected chi connectivity index (χ3v) is 3.56. The molecule has 1 atom stereocenters. The van der Waals surface area contributed by atoms with Crippen LogP contribution in [0.15, 0.2) is 24.3 Å². The Hall–Kier alpha value is -1.64. The highest BCUT2D eigenvalue weighted by atomic mass is 32.2. The number of amides is 1. The molecule has 8 heteroatoms. The molecule has 0 aliphatic carbocycles. The minimum atomic E-state index is -3.81. The Labute approximate surface area is 118 Å². The minimum Gasteiger partial charge on any atom is -0.326 e. The van der Waals surface area contributed by atoms with Crippen molar-refractivity contribution in [3.63, 3.8) is 0 Å². The Morgan fingerprint density at radius 3 is 2.80 bits per heavy atom. The molecule has 1 fully saturated rings. The van der Waals surface area contributed by atoms with Crippen LogP contribution in [0, 0.1) is 5.92 Å². The first-order chi connectivity index (χ1) is 9.42. The van der Waals surface area contributed by atoms with Crippen molar-refractivity contribution in [2.75, 3.05) is 23.1 Å². The van der Waals surface area contributed by atoms with Crippen molar-refractivity contribution in [2.24, 2.45) is 11.1 Å². The van der Waals surface area contributed by atoms with Crippen molar-refractivity contribution in [2.45, 2.75) is 12.8 Å². The number of anilines is 2. The number of benzene rings is 1. The molecule has 7 nitrogen and oxygen atoms in total. The Balaban J connectivity index is 1.95. The van der Waals surface area contributed by atoms with E-state index in [0.717, 1.165) is 19.5 Å². The third kappa shape index (κ3) is 4.80. The van der Waals surface area contributed by atoms with Crippen LogP contribution in [0.1, 0.15) is 12.8 Å². The van der Waals surface area contributed by atoms with Crippen molar-refractivity contribution in [1.82, 2.24) is 5.32 Å². The Kier molecular flexibility index (Phi) is 4.58. The van der Waals surface area contributed by atoms with Gasteiger partial charge in [0.25, 0.3) is 10.2 Å². The maximum absolute atomic E-state index is 11.9. The fraction of sp³-hybridized carbons (Fsp3) is 0.417. The summed E-state index contributed by atoms with van der Waals surface area (Å²) in [5.74, 6) is 0.284. The van der Waals surface area contributed by atoms with Gasteiger partial charge in [-0.15, -0.1) is 0 Å². The van der Waals surface area contributed by atoms with E-state index in [-0.39, 0.29) is 5.91 Å². The van der Waals surface area contributed by atoms with E-state index in [1.54, 1.807) is 18.2 Å². The molecule has 1 amide bonds. The predicted octanol–water partition coefficient (Wildman–Crippen LogP) is 0.240. The topological polar surface area (TPSA) is 113 Å². The van der Waals surface area contributed by atoms with Crippen molar-refractivity contribution >= 4 is 27.5 Å². The van der Waals surface area contributed by atoms with Crippen LogP contribution in [-0.4, -0.2) is 27.4 Å². The zero-order valence-corrected chi connectivity index (χ0v) is 11.7. The van der Waals surface area contributed by atoms with Gasteiger partial charge >= 0.3 is 0 Å². The smallest absolute Gasteiger partial charge is 0.296 e. The monoisotopic (exact) mass is 298 g/mol. The zero-order valence-electron chi connectivity index (χ0n) is 10.9. The molecule has 110 valence electrons. The molecule has 0 spiro atoms. The van der Waals surface area contributed by atoms with Crippen LogP contribution in [-0.2, 0) is 15.0 Å².